The van der Waals surface area contributed by atoms with Crippen molar-refractivity contribution < 1.29 is 4.79 Å². The molecule has 1 aliphatic rings. The van der Waals surface area contributed by atoms with Crippen LogP contribution in [0.2, 0.25) is 0 Å². The lowest BCUT2D eigenvalue weighted by molar-refractivity contribution is 0.0688. The number of fused-ring (bicyclic) bond motifs is 1. The average molecular weight is 271 g/mol. The Balaban J connectivity index is 1.69. The lowest BCUT2D eigenvalue weighted by Gasteiger charge is -2.32. The highest BCUT2D eigenvalue weighted by atomic mass is 16.2. The van der Waals surface area contributed by atoms with Crippen molar-refractivity contribution in [2.24, 2.45) is 11.7 Å². The van der Waals surface area contributed by atoms with Gasteiger partial charge in [0.1, 0.15) is 0 Å². The minimum atomic E-state index is 0.146. The molecule has 1 saturated heterocycles. The summed E-state index contributed by atoms with van der Waals surface area (Å²) in [5.74, 6) is 0.836. The molecule has 2 heterocycles. The van der Waals surface area contributed by atoms with Gasteiger partial charge >= 0.3 is 0 Å². The van der Waals surface area contributed by atoms with Gasteiger partial charge in [-0.1, -0.05) is 6.07 Å². The normalized spacial score (nSPS) is 16.8. The van der Waals surface area contributed by atoms with E-state index in [1.807, 2.05) is 35.4 Å². The molecule has 1 aromatic carbocycles. The van der Waals surface area contributed by atoms with Gasteiger partial charge in [-0.15, -0.1) is 0 Å². The average Bonchev–Trinajstić information content (AvgIpc) is 2.95. The van der Waals surface area contributed by atoms with Crippen LogP contribution in [0, 0.1) is 5.92 Å². The number of nitrogens with one attached hydrogen (secondary N) is 1. The van der Waals surface area contributed by atoms with Gasteiger partial charge in [0.2, 0.25) is 0 Å². The van der Waals surface area contributed by atoms with Crippen molar-refractivity contribution in [2.75, 3.05) is 19.6 Å². The van der Waals surface area contributed by atoms with Crippen molar-refractivity contribution in [3.05, 3.63) is 36.0 Å². The molecule has 4 heteroatoms. The molecule has 0 atom stereocenters. The van der Waals surface area contributed by atoms with E-state index in [2.05, 4.69) is 4.98 Å². The van der Waals surface area contributed by atoms with Crippen LogP contribution in [0.4, 0.5) is 0 Å². The summed E-state index contributed by atoms with van der Waals surface area (Å²) in [5.41, 5.74) is 7.40. The van der Waals surface area contributed by atoms with Crippen molar-refractivity contribution >= 4 is 16.8 Å². The third-order valence-electron chi connectivity index (χ3n) is 4.28. The number of hydrogen-bond donors (Lipinski definition) is 2. The second-order valence-electron chi connectivity index (χ2n) is 5.59. The fourth-order valence-corrected chi connectivity index (χ4v) is 3.02. The SMILES string of the molecule is NCCC1CCN(C(=O)c2ccc3cc[nH]c3c2)CC1. The molecule has 0 spiro atoms. The van der Waals surface area contributed by atoms with Gasteiger partial charge in [-0.2, -0.15) is 0 Å². The first-order valence-electron chi connectivity index (χ1n) is 7.34. The van der Waals surface area contributed by atoms with Crippen molar-refractivity contribution in [1.82, 2.24) is 9.88 Å². The van der Waals surface area contributed by atoms with E-state index in [4.69, 9.17) is 5.73 Å². The monoisotopic (exact) mass is 271 g/mol. The van der Waals surface area contributed by atoms with Gasteiger partial charge in [-0.05, 0) is 55.3 Å². The molecule has 0 unspecified atom stereocenters. The second-order valence-corrected chi connectivity index (χ2v) is 5.59. The van der Waals surface area contributed by atoms with Crippen LogP contribution in [0.5, 0.6) is 0 Å². The lowest BCUT2D eigenvalue weighted by atomic mass is 9.93. The van der Waals surface area contributed by atoms with E-state index in [0.29, 0.717) is 5.92 Å². The van der Waals surface area contributed by atoms with Crippen LogP contribution < -0.4 is 5.73 Å². The Morgan fingerprint density at radius 1 is 1.30 bits per heavy atom. The Labute approximate surface area is 118 Å². The molecule has 0 saturated carbocycles. The molecular weight excluding hydrogens is 250 g/mol. The highest BCUT2D eigenvalue weighted by Gasteiger charge is 2.23. The van der Waals surface area contributed by atoms with Crippen molar-refractivity contribution in [1.29, 1.82) is 0 Å². The molecule has 0 radical (unpaired) electrons. The number of aromatic amines is 1. The minimum absolute atomic E-state index is 0.146. The maximum Gasteiger partial charge on any atom is 0.253 e. The predicted octanol–water partition coefficient (Wildman–Crippen LogP) is 2.37. The fourth-order valence-electron chi connectivity index (χ4n) is 3.02. The number of H-pyrrole nitrogens is 1. The first-order chi connectivity index (χ1) is 9.78. The summed E-state index contributed by atoms with van der Waals surface area (Å²) in [6.07, 6.45) is 5.13. The molecule has 4 nitrogen and oxygen atoms in total. The Morgan fingerprint density at radius 3 is 2.85 bits per heavy atom. The number of nitrogens with two attached hydrogens (primary N) is 1. The molecule has 1 aromatic heterocycles. The van der Waals surface area contributed by atoms with Crippen LogP contribution in [-0.2, 0) is 0 Å². The van der Waals surface area contributed by atoms with E-state index in [1.54, 1.807) is 0 Å². The molecule has 3 N–H and O–H groups in total. The number of carbonyl (C=O) groups is 1. The van der Waals surface area contributed by atoms with Gasteiger partial charge in [0, 0.05) is 30.4 Å². The Morgan fingerprint density at radius 2 is 2.10 bits per heavy atom. The van der Waals surface area contributed by atoms with E-state index >= 15 is 0 Å². The van der Waals surface area contributed by atoms with Crippen LogP contribution in [0.1, 0.15) is 29.6 Å². The number of nitrogens with zero attached hydrogens (tertiary/aromatic N) is 1. The van der Waals surface area contributed by atoms with E-state index in [0.717, 1.165) is 55.4 Å². The minimum Gasteiger partial charge on any atom is -0.361 e. The first-order valence-corrected chi connectivity index (χ1v) is 7.34. The van der Waals surface area contributed by atoms with E-state index in [1.165, 1.54) is 0 Å². The van der Waals surface area contributed by atoms with E-state index < -0.39 is 0 Å². The summed E-state index contributed by atoms with van der Waals surface area (Å²) in [5, 5.41) is 1.14. The Bertz CT molecular complexity index is 597. The van der Waals surface area contributed by atoms with Gasteiger partial charge in [-0.3, -0.25) is 4.79 Å². The summed E-state index contributed by atoms with van der Waals surface area (Å²) < 4.78 is 0. The number of amides is 1. The molecular formula is C16H21N3O. The van der Waals surface area contributed by atoms with Crippen LogP contribution in [0.15, 0.2) is 30.5 Å². The summed E-state index contributed by atoms with van der Waals surface area (Å²) in [6, 6.07) is 7.89. The first kappa shape index (κ1) is 13.2. The van der Waals surface area contributed by atoms with Crippen molar-refractivity contribution in [2.45, 2.75) is 19.3 Å². The van der Waals surface area contributed by atoms with Crippen molar-refractivity contribution in [3.8, 4) is 0 Å². The highest BCUT2D eigenvalue weighted by molar-refractivity contribution is 5.97. The van der Waals surface area contributed by atoms with E-state index in [-0.39, 0.29) is 5.91 Å². The standard InChI is InChI=1S/C16H21N3O/c17-7-3-12-5-9-19(10-6-12)16(20)14-2-1-13-4-8-18-15(13)11-14/h1-2,4,8,11-12,18H,3,5-7,9-10,17H2. The number of aromatic nitrogens is 1. The number of piperidine rings is 1. The highest BCUT2D eigenvalue weighted by Crippen LogP contribution is 2.22. The van der Waals surface area contributed by atoms with Gasteiger partial charge in [0.15, 0.2) is 0 Å². The van der Waals surface area contributed by atoms with Gasteiger partial charge in [0.05, 0.1) is 0 Å². The topological polar surface area (TPSA) is 62.1 Å². The summed E-state index contributed by atoms with van der Waals surface area (Å²) in [4.78, 5) is 17.6. The molecule has 106 valence electrons. The maximum absolute atomic E-state index is 12.5. The predicted molar refractivity (Wildman–Crippen MR) is 80.6 cm³/mol. The largest absolute Gasteiger partial charge is 0.361 e. The maximum atomic E-state index is 12.5. The third-order valence-corrected chi connectivity index (χ3v) is 4.28. The zero-order chi connectivity index (χ0) is 13.9. The van der Waals surface area contributed by atoms with Crippen LogP contribution in [0.25, 0.3) is 10.9 Å². The van der Waals surface area contributed by atoms with Gasteiger partial charge < -0.3 is 15.6 Å². The van der Waals surface area contributed by atoms with Crippen LogP contribution >= 0.6 is 0 Å². The summed E-state index contributed by atoms with van der Waals surface area (Å²) in [7, 11) is 0. The number of benzene rings is 1. The smallest absolute Gasteiger partial charge is 0.253 e. The van der Waals surface area contributed by atoms with Crippen LogP contribution in [-0.4, -0.2) is 35.4 Å². The van der Waals surface area contributed by atoms with Gasteiger partial charge in [-0.25, -0.2) is 0 Å². The quantitative estimate of drug-likeness (QED) is 0.900. The summed E-state index contributed by atoms with van der Waals surface area (Å²) >= 11 is 0. The molecule has 3 rings (SSSR count). The molecule has 0 aliphatic carbocycles. The number of rotatable bonds is 3. The Hall–Kier alpha value is -1.81. The summed E-state index contributed by atoms with van der Waals surface area (Å²) in [6.45, 7) is 2.46. The van der Waals surface area contributed by atoms with Gasteiger partial charge in [0.25, 0.3) is 5.91 Å². The lowest BCUT2D eigenvalue weighted by Crippen LogP contribution is -2.38. The second kappa shape index (κ2) is 5.67. The molecule has 1 amide bonds. The zero-order valence-corrected chi connectivity index (χ0v) is 11.6. The molecule has 0 bridgehead atoms. The van der Waals surface area contributed by atoms with E-state index in [9.17, 15) is 4.79 Å². The number of carbonyl (C=O) groups excluding carboxylic acids is 1. The van der Waals surface area contributed by atoms with Crippen LogP contribution in [0.3, 0.4) is 0 Å². The fraction of sp³-hybridized carbons (Fsp3) is 0.438. The third kappa shape index (κ3) is 2.56. The number of hydrogen-bond acceptors (Lipinski definition) is 2. The molecule has 2 aromatic rings. The number of likely N-dealkylation sites (tertiary alicyclic amines) is 1. The molecule has 1 aliphatic heterocycles. The van der Waals surface area contributed by atoms with Crippen molar-refractivity contribution in [3.63, 3.8) is 0 Å². The molecule has 20 heavy (non-hydrogen) atoms. The zero-order valence-electron chi connectivity index (χ0n) is 11.6. The molecule has 1 fully saturated rings. The Kier molecular flexibility index (Phi) is 3.74.